The van der Waals surface area contributed by atoms with Crippen LogP contribution in [0.5, 0.6) is 5.75 Å². The van der Waals surface area contributed by atoms with E-state index in [1.807, 2.05) is 0 Å². The van der Waals surface area contributed by atoms with E-state index in [-0.39, 0.29) is 5.75 Å². The van der Waals surface area contributed by atoms with Crippen molar-refractivity contribution in [2.24, 2.45) is 4.36 Å². The number of benzene rings is 1. The van der Waals surface area contributed by atoms with Crippen molar-refractivity contribution in [1.82, 2.24) is 0 Å². The Morgan fingerprint density at radius 1 is 1.42 bits per heavy atom. The van der Waals surface area contributed by atoms with Gasteiger partial charge in [0.05, 0.1) is 14.6 Å². The van der Waals surface area contributed by atoms with E-state index >= 15 is 0 Å². The predicted octanol–water partition coefficient (Wildman–Crippen LogP) is 1.48. The summed E-state index contributed by atoms with van der Waals surface area (Å²) in [6, 6.07) is 6.53. The van der Waals surface area contributed by atoms with Gasteiger partial charge in [-0.1, -0.05) is 12.1 Å². The molecule has 1 unspecified atom stereocenters. The van der Waals surface area contributed by atoms with E-state index in [9.17, 15) is 9.32 Å². The average Bonchev–Trinajstić information content (AvgIpc) is 2.05. The molecule has 0 radical (unpaired) electrons. The second-order valence-corrected chi connectivity index (χ2v) is 4.86. The molecule has 1 aromatic carbocycles. The molecule has 0 bridgehead atoms. The predicted molar refractivity (Wildman–Crippen MR) is 48.8 cm³/mol. The summed E-state index contributed by atoms with van der Waals surface area (Å²) in [5.74, 6) is 0.0376. The lowest BCUT2D eigenvalue weighted by Gasteiger charge is -2.04. The Morgan fingerprint density at radius 2 is 2.00 bits per heavy atom. The molecule has 3 nitrogen and oxygen atoms in total. The first-order chi connectivity index (χ1) is 5.58. The van der Waals surface area contributed by atoms with E-state index in [4.69, 9.17) is 0 Å². The highest BCUT2D eigenvalue weighted by molar-refractivity contribution is 7.93. The summed E-state index contributed by atoms with van der Waals surface area (Å²) in [6.07, 6.45) is 1.50. The van der Waals surface area contributed by atoms with E-state index in [1.165, 1.54) is 19.4 Å². The van der Waals surface area contributed by atoms with Gasteiger partial charge < -0.3 is 5.11 Å². The van der Waals surface area contributed by atoms with Crippen LogP contribution in [-0.2, 0) is 9.73 Å². The van der Waals surface area contributed by atoms with Gasteiger partial charge in [0.25, 0.3) is 0 Å². The van der Waals surface area contributed by atoms with Crippen LogP contribution >= 0.6 is 0 Å². The van der Waals surface area contributed by atoms with E-state index in [1.54, 1.807) is 18.2 Å². The number of aromatic hydroxyl groups is 1. The third kappa shape index (κ3) is 1.58. The molecular formula is C8H11NO2S. The molecule has 66 valence electrons. The van der Waals surface area contributed by atoms with Crippen molar-refractivity contribution in [1.29, 1.82) is 0 Å². The number of hydrogen-bond donors (Lipinski definition) is 1. The second-order valence-electron chi connectivity index (χ2n) is 2.45. The van der Waals surface area contributed by atoms with Crippen molar-refractivity contribution in [3.05, 3.63) is 24.3 Å². The molecule has 0 saturated carbocycles. The summed E-state index contributed by atoms with van der Waals surface area (Å²) < 4.78 is 15.4. The molecule has 0 saturated heterocycles. The first kappa shape index (κ1) is 9.06. The van der Waals surface area contributed by atoms with Gasteiger partial charge in [-0.3, -0.25) is 0 Å². The van der Waals surface area contributed by atoms with E-state index in [0.717, 1.165) is 0 Å². The van der Waals surface area contributed by atoms with E-state index in [0.29, 0.717) is 4.90 Å². The molecule has 1 aromatic rings. The van der Waals surface area contributed by atoms with Gasteiger partial charge in [-0.15, -0.1) is 0 Å². The molecule has 1 N–H and O–H groups in total. The number of nitrogens with zero attached hydrogens (tertiary/aromatic N) is 1. The van der Waals surface area contributed by atoms with Crippen LogP contribution in [0.15, 0.2) is 33.5 Å². The van der Waals surface area contributed by atoms with Crippen LogP contribution in [0.2, 0.25) is 0 Å². The molecular weight excluding hydrogens is 174 g/mol. The Balaban J connectivity index is 3.40. The van der Waals surface area contributed by atoms with Gasteiger partial charge >= 0.3 is 0 Å². The summed E-state index contributed by atoms with van der Waals surface area (Å²) in [4.78, 5) is 0.396. The highest BCUT2D eigenvalue weighted by atomic mass is 32.2. The van der Waals surface area contributed by atoms with Crippen molar-refractivity contribution >= 4 is 9.73 Å². The van der Waals surface area contributed by atoms with Gasteiger partial charge in [-0.25, -0.2) is 8.57 Å². The summed E-state index contributed by atoms with van der Waals surface area (Å²) in [7, 11) is -0.923. The molecule has 0 amide bonds. The molecule has 0 aliphatic rings. The average molecular weight is 185 g/mol. The SMILES string of the molecule is CN=S(C)(=O)c1ccccc1O. The van der Waals surface area contributed by atoms with E-state index < -0.39 is 9.73 Å². The topological polar surface area (TPSA) is 49.7 Å². The van der Waals surface area contributed by atoms with Gasteiger partial charge in [-0.05, 0) is 12.1 Å². The van der Waals surface area contributed by atoms with Crippen molar-refractivity contribution < 1.29 is 9.32 Å². The summed E-state index contributed by atoms with van der Waals surface area (Å²) in [5, 5.41) is 9.34. The Labute approximate surface area is 72.2 Å². The first-order valence-electron chi connectivity index (χ1n) is 3.46. The number of rotatable bonds is 1. The fraction of sp³-hybridized carbons (Fsp3) is 0.250. The largest absolute Gasteiger partial charge is 0.507 e. The normalized spacial score (nSPS) is 15.2. The monoisotopic (exact) mass is 185 g/mol. The smallest absolute Gasteiger partial charge is 0.132 e. The zero-order valence-electron chi connectivity index (χ0n) is 7.02. The lowest BCUT2D eigenvalue weighted by atomic mass is 10.3. The van der Waals surface area contributed by atoms with Gasteiger partial charge in [0.1, 0.15) is 5.75 Å². The van der Waals surface area contributed by atoms with Crippen molar-refractivity contribution in [2.75, 3.05) is 13.3 Å². The summed E-state index contributed by atoms with van der Waals surface area (Å²) in [6.45, 7) is 0. The highest BCUT2D eigenvalue weighted by Gasteiger charge is 2.08. The second kappa shape index (κ2) is 3.15. The lowest BCUT2D eigenvalue weighted by Crippen LogP contribution is -1.96. The molecule has 0 spiro atoms. The Kier molecular flexibility index (Phi) is 2.38. The van der Waals surface area contributed by atoms with Crippen LogP contribution < -0.4 is 0 Å². The zero-order valence-corrected chi connectivity index (χ0v) is 7.84. The molecule has 12 heavy (non-hydrogen) atoms. The fourth-order valence-corrected chi connectivity index (χ4v) is 1.86. The Bertz CT molecular complexity index is 392. The molecule has 0 aliphatic heterocycles. The van der Waals surface area contributed by atoms with Crippen LogP contribution in [0.3, 0.4) is 0 Å². The lowest BCUT2D eigenvalue weighted by molar-refractivity contribution is 0.461. The van der Waals surface area contributed by atoms with Crippen LogP contribution in [0.4, 0.5) is 0 Å². The van der Waals surface area contributed by atoms with Crippen molar-refractivity contribution in [3.63, 3.8) is 0 Å². The molecule has 0 aliphatic carbocycles. The van der Waals surface area contributed by atoms with Gasteiger partial charge in [0.15, 0.2) is 0 Å². The van der Waals surface area contributed by atoms with Crippen molar-refractivity contribution in [2.45, 2.75) is 4.90 Å². The van der Waals surface area contributed by atoms with Crippen LogP contribution in [0, 0.1) is 0 Å². The molecule has 1 rings (SSSR count). The van der Waals surface area contributed by atoms with Gasteiger partial charge in [0.2, 0.25) is 0 Å². The van der Waals surface area contributed by atoms with Gasteiger partial charge in [-0.2, -0.15) is 0 Å². The fourth-order valence-electron chi connectivity index (χ4n) is 0.876. The minimum absolute atomic E-state index is 0.0376. The van der Waals surface area contributed by atoms with Crippen LogP contribution in [0.25, 0.3) is 0 Å². The van der Waals surface area contributed by atoms with Crippen molar-refractivity contribution in [3.8, 4) is 5.75 Å². The van der Waals surface area contributed by atoms with E-state index in [2.05, 4.69) is 4.36 Å². The molecule has 1 atom stereocenters. The van der Waals surface area contributed by atoms with Crippen LogP contribution in [0.1, 0.15) is 0 Å². The number of phenols is 1. The Morgan fingerprint density at radius 3 is 2.50 bits per heavy atom. The third-order valence-electron chi connectivity index (χ3n) is 1.62. The minimum atomic E-state index is -2.40. The molecule has 4 heteroatoms. The zero-order chi connectivity index (χ0) is 9.19. The maximum absolute atomic E-state index is 11.7. The quantitative estimate of drug-likeness (QED) is 0.720. The number of para-hydroxylation sites is 1. The maximum Gasteiger partial charge on any atom is 0.132 e. The number of hydrogen-bond acceptors (Lipinski definition) is 3. The molecule has 0 aromatic heterocycles. The molecule has 0 heterocycles. The molecule has 0 fully saturated rings. The maximum atomic E-state index is 11.7. The summed E-state index contributed by atoms with van der Waals surface area (Å²) in [5.41, 5.74) is 0. The highest BCUT2D eigenvalue weighted by Crippen LogP contribution is 2.22. The summed E-state index contributed by atoms with van der Waals surface area (Å²) >= 11 is 0. The standard InChI is InChI=1S/C8H11NO2S/c1-9-12(2,11)8-6-4-3-5-7(8)10/h3-6,10H,1-2H3. The first-order valence-corrected chi connectivity index (χ1v) is 5.38. The number of phenolic OH excluding ortho intramolecular Hbond substituents is 1. The van der Waals surface area contributed by atoms with Gasteiger partial charge in [0, 0.05) is 13.3 Å². The Hall–Kier alpha value is -1.03. The van der Waals surface area contributed by atoms with Crippen LogP contribution in [-0.4, -0.2) is 22.6 Å². The third-order valence-corrected chi connectivity index (χ3v) is 3.48. The minimum Gasteiger partial charge on any atom is -0.507 e.